The molecule has 0 radical (unpaired) electrons. The molecule has 122 valence electrons. The summed E-state index contributed by atoms with van der Waals surface area (Å²) in [4.78, 5) is 25.1. The number of nitrogens with one attached hydrogen (secondary N) is 1. The van der Waals surface area contributed by atoms with Gasteiger partial charge in [0.25, 0.3) is 0 Å². The summed E-state index contributed by atoms with van der Waals surface area (Å²) in [5.41, 5.74) is -0.368. The summed E-state index contributed by atoms with van der Waals surface area (Å²) >= 11 is 0.968. The Morgan fingerprint density at radius 3 is 2.45 bits per heavy atom. The van der Waals surface area contributed by atoms with Crippen LogP contribution in [0.3, 0.4) is 0 Å². The molecule has 0 aromatic heterocycles. The van der Waals surface area contributed by atoms with Crippen LogP contribution >= 0.6 is 11.8 Å². The van der Waals surface area contributed by atoms with E-state index < -0.39 is 11.6 Å². The van der Waals surface area contributed by atoms with Crippen LogP contribution in [0.2, 0.25) is 0 Å². The quantitative estimate of drug-likeness (QED) is 0.844. The van der Waals surface area contributed by atoms with Crippen molar-refractivity contribution < 1.29 is 18.4 Å². The van der Waals surface area contributed by atoms with Gasteiger partial charge in [-0.2, -0.15) is 0 Å². The van der Waals surface area contributed by atoms with Crippen LogP contribution in [0.15, 0.2) is 23.1 Å². The highest BCUT2D eigenvalue weighted by Gasteiger charge is 2.18. The lowest BCUT2D eigenvalue weighted by Gasteiger charge is -2.23. The topological polar surface area (TPSA) is 49.4 Å². The Bertz CT molecular complexity index is 559. The molecular weight excluding hydrogens is 310 g/mol. The first-order valence-electron chi connectivity index (χ1n) is 6.71. The molecule has 0 aliphatic carbocycles. The van der Waals surface area contributed by atoms with E-state index in [2.05, 4.69) is 5.32 Å². The second-order valence-corrected chi connectivity index (χ2v) is 6.93. The zero-order valence-electron chi connectivity index (χ0n) is 13.1. The van der Waals surface area contributed by atoms with Crippen LogP contribution in [-0.2, 0) is 9.59 Å². The van der Waals surface area contributed by atoms with Crippen LogP contribution in [0.1, 0.15) is 20.8 Å². The Balaban J connectivity index is 2.49. The molecule has 0 saturated heterocycles. The van der Waals surface area contributed by atoms with Crippen molar-refractivity contribution in [2.45, 2.75) is 31.2 Å². The van der Waals surface area contributed by atoms with Gasteiger partial charge in [0, 0.05) is 23.5 Å². The molecule has 1 aromatic carbocycles. The highest BCUT2D eigenvalue weighted by atomic mass is 32.2. The molecule has 0 saturated carbocycles. The number of carbonyl (C=O) groups is 2. The van der Waals surface area contributed by atoms with E-state index in [1.54, 1.807) is 0 Å². The predicted molar refractivity (Wildman–Crippen MR) is 82.6 cm³/mol. The number of halogens is 2. The fourth-order valence-electron chi connectivity index (χ4n) is 1.60. The Kier molecular flexibility index (Phi) is 6.34. The van der Waals surface area contributed by atoms with Gasteiger partial charge in [-0.05, 0) is 32.9 Å². The molecule has 0 aliphatic heterocycles. The number of benzene rings is 1. The van der Waals surface area contributed by atoms with E-state index in [9.17, 15) is 18.4 Å². The minimum absolute atomic E-state index is 0.0259. The van der Waals surface area contributed by atoms with Crippen molar-refractivity contribution in [2.24, 2.45) is 0 Å². The van der Waals surface area contributed by atoms with Gasteiger partial charge < -0.3 is 10.2 Å². The molecule has 0 atom stereocenters. The molecule has 0 unspecified atom stereocenters. The fourth-order valence-corrected chi connectivity index (χ4v) is 2.46. The lowest BCUT2D eigenvalue weighted by molar-refractivity contribution is -0.133. The normalized spacial score (nSPS) is 11.2. The number of thioether (sulfide) groups is 1. The molecule has 0 heterocycles. The smallest absolute Gasteiger partial charge is 0.240 e. The lowest BCUT2D eigenvalue weighted by Crippen LogP contribution is -2.46. The van der Waals surface area contributed by atoms with Crippen LogP contribution in [0.25, 0.3) is 0 Å². The molecule has 2 amide bonds. The number of amides is 2. The summed E-state index contributed by atoms with van der Waals surface area (Å²) < 4.78 is 26.2. The van der Waals surface area contributed by atoms with E-state index in [0.29, 0.717) is 0 Å². The second-order valence-electron chi connectivity index (χ2n) is 5.91. The molecule has 7 heteroatoms. The summed E-state index contributed by atoms with van der Waals surface area (Å²) in [5, 5.41) is 2.75. The third-order valence-corrected chi connectivity index (χ3v) is 3.60. The number of nitrogens with zero attached hydrogens (tertiary/aromatic N) is 1. The Morgan fingerprint density at radius 2 is 1.91 bits per heavy atom. The van der Waals surface area contributed by atoms with Crippen molar-refractivity contribution >= 4 is 23.6 Å². The molecule has 0 fully saturated rings. The SMILES string of the molecule is CN(CC(=O)NC(C)(C)C)C(=O)CSc1ccc(F)cc1F. The van der Waals surface area contributed by atoms with Gasteiger partial charge in [0.1, 0.15) is 11.6 Å². The predicted octanol–water partition coefficient (Wildman–Crippen LogP) is 2.43. The van der Waals surface area contributed by atoms with Crippen LogP contribution in [0.5, 0.6) is 0 Å². The maximum absolute atomic E-state index is 13.4. The molecule has 1 N–H and O–H groups in total. The molecule has 0 bridgehead atoms. The molecule has 0 spiro atoms. The van der Waals surface area contributed by atoms with Crippen molar-refractivity contribution in [3.8, 4) is 0 Å². The van der Waals surface area contributed by atoms with Crippen molar-refractivity contribution in [1.82, 2.24) is 10.2 Å². The van der Waals surface area contributed by atoms with Gasteiger partial charge in [0.15, 0.2) is 0 Å². The highest BCUT2D eigenvalue weighted by Crippen LogP contribution is 2.22. The number of hydrogen-bond donors (Lipinski definition) is 1. The number of rotatable bonds is 5. The average molecular weight is 330 g/mol. The zero-order valence-corrected chi connectivity index (χ0v) is 13.9. The van der Waals surface area contributed by atoms with E-state index in [1.165, 1.54) is 18.0 Å². The summed E-state index contributed by atoms with van der Waals surface area (Å²) in [5.74, 6) is -1.96. The Morgan fingerprint density at radius 1 is 1.27 bits per heavy atom. The van der Waals surface area contributed by atoms with Gasteiger partial charge in [-0.15, -0.1) is 11.8 Å². The van der Waals surface area contributed by atoms with Crippen molar-refractivity contribution in [3.63, 3.8) is 0 Å². The Labute approximate surface area is 133 Å². The molecule has 22 heavy (non-hydrogen) atoms. The van der Waals surface area contributed by atoms with E-state index in [-0.39, 0.29) is 34.5 Å². The van der Waals surface area contributed by atoms with Crippen LogP contribution in [0.4, 0.5) is 8.78 Å². The molecule has 1 aromatic rings. The zero-order chi connectivity index (χ0) is 16.9. The van der Waals surface area contributed by atoms with Crippen LogP contribution < -0.4 is 5.32 Å². The van der Waals surface area contributed by atoms with Gasteiger partial charge in [0.2, 0.25) is 11.8 Å². The maximum atomic E-state index is 13.4. The van der Waals surface area contributed by atoms with E-state index in [0.717, 1.165) is 23.9 Å². The first-order valence-corrected chi connectivity index (χ1v) is 7.70. The van der Waals surface area contributed by atoms with Gasteiger partial charge in [-0.25, -0.2) is 8.78 Å². The monoisotopic (exact) mass is 330 g/mol. The van der Waals surface area contributed by atoms with Crippen LogP contribution in [0, 0.1) is 11.6 Å². The third-order valence-electron chi connectivity index (χ3n) is 2.57. The van der Waals surface area contributed by atoms with Crippen molar-refractivity contribution in [2.75, 3.05) is 19.3 Å². The lowest BCUT2D eigenvalue weighted by atomic mass is 10.1. The Hall–Kier alpha value is -1.63. The number of carbonyl (C=O) groups excluding carboxylic acids is 2. The van der Waals surface area contributed by atoms with Gasteiger partial charge in [-0.3, -0.25) is 9.59 Å². The van der Waals surface area contributed by atoms with E-state index in [1.807, 2.05) is 20.8 Å². The first-order chi connectivity index (χ1) is 10.1. The second kappa shape index (κ2) is 7.58. The fraction of sp³-hybridized carbons (Fsp3) is 0.467. The summed E-state index contributed by atoms with van der Waals surface area (Å²) in [7, 11) is 1.51. The first kappa shape index (κ1) is 18.4. The molecule has 1 rings (SSSR count). The van der Waals surface area contributed by atoms with Crippen LogP contribution in [-0.4, -0.2) is 41.6 Å². The highest BCUT2D eigenvalue weighted by molar-refractivity contribution is 8.00. The minimum Gasteiger partial charge on any atom is -0.350 e. The molecule has 0 aliphatic rings. The average Bonchev–Trinajstić information content (AvgIpc) is 2.34. The third kappa shape index (κ3) is 6.43. The summed E-state index contributed by atoms with van der Waals surface area (Å²) in [6, 6.07) is 3.19. The molecule has 4 nitrogen and oxygen atoms in total. The van der Waals surface area contributed by atoms with Gasteiger partial charge >= 0.3 is 0 Å². The number of hydrogen-bond acceptors (Lipinski definition) is 3. The summed E-state index contributed by atoms with van der Waals surface area (Å²) in [6.07, 6.45) is 0. The standard InChI is InChI=1S/C15H20F2N2O2S/c1-15(2,3)18-13(20)8-19(4)14(21)9-22-12-6-5-10(16)7-11(12)17/h5-7H,8-9H2,1-4H3,(H,18,20). The van der Waals surface area contributed by atoms with E-state index in [4.69, 9.17) is 0 Å². The van der Waals surface area contributed by atoms with Crippen molar-refractivity contribution in [1.29, 1.82) is 0 Å². The number of likely N-dealkylation sites (N-methyl/N-ethyl adjacent to an activating group) is 1. The molecular formula is C15H20F2N2O2S. The summed E-state index contributed by atoms with van der Waals surface area (Å²) in [6.45, 7) is 5.47. The van der Waals surface area contributed by atoms with Gasteiger partial charge in [-0.1, -0.05) is 0 Å². The van der Waals surface area contributed by atoms with E-state index >= 15 is 0 Å². The maximum Gasteiger partial charge on any atom is 0.240 e. The van der Waals surface area contributed by atoms with Crippen molar-refractivity contribution in [3.05, 3.63) is 29.8 Å². The van der Waals surface area contributed by atoms with Gasteiger partial charge in [0.05, 0.1) is 12.3 Å². The largest absolute Gasteiger partial charge is 0.350 e. The minimum atomic E-state index is -0.703.